The lowest BCUT2D eigenvalue weighted by molar-refractivity contribution is 0.402. The second-order valence-electron chi connectivity index (χ2n) is 6.33. The Kier molecular flexibility index (Phi) is 6.20. The number of benzene rings is 2. The van der Waals surface area contributed by atoms with Crippen LogP contribution in [0.4, 0.5) is 0 Å². The van der Waals surface area contributed by atoms with Crippen molar-refractivity contribution in [1.82, 2.24) is 4.90 Å². The lowest BCUT2D eigenvalue weighted by Crippen LogP contribution is -2.11. The van der Waals surface area contributed by atoms with E-state index in [0.717, 1.165) is 24.3 Å². The Labute approximate surface area is 140 Å². The first-order valence-electron chi connectivity index (χ1n) is 8.17. The van der Waals surface area contributed by atoms with Gasteiger partial charge in [0.15, 0.2) is 0 Å². The van der Waals surface area contributed by atoms with E-state index in [-0.39, 0.29) is 0 Å². The van der Waals surface area contributed by atoms with E-state index in [0.29, 0.717) is 12.5 Å². The van der Waals surface area contributed by atoms with Gasteiger partial charge < -0.3 is 15.4 Å². The van der Waals surface area contributed by atoms with Crippen LogP contribution < -0.4 is 10.5 Å². The molecule has 0 spiro atoms. The molecule has 0 heterocycles. The summed E-state index contributed by atoms with van der Waals surface area (Å²) in [7, 11) is 5.91. The summed E-state index contributed by atoms with van der Waals surface area (Å²) in [6.45, 7) is 3.84. The minimum absolute atomic E-state index is 0.450. The summed E-state index contributed by atoms with van der Waals surface area (Å²) in [6.07, 6.45) is 0.991. The number of hydrogen-bond donors (Lipinski definition) is 1. The summed E-state index contributed by atoms with van der Waals surface area (Å²) in [5, 5.41) is 0. The molecule has 0 saturated carbocycles. The van der Waals surface area contributed by atoms with Crippen LogP contribution in [0.15, 0.2) is 42.5 Å². The Bertz CT molecular complexity index is 637. The molecule has 0 amide bonds. The van der Waals surface area contributed by atoms with Crippen LogP contribution >= 0.6 is 0 Å². The molecule has 0 aliphatic heterocycles. The van der Waals surface area contributed by atoms with Crippen molar-refractivity contribution in [3.05, 3.63) is 53.6 Å². The van der Waals surface area contributed by atoms with Crippen LogP contribution in [0.1, 0.15) is 30.4 Å². The fraction of sp³-hybridized carbons (Fsp3) is 0.400. The van der Waals surface area contributed by atoms with E-state index in [1.807, 2.05) is 0 Å². The van der Waals surface area contributed by atoms with Crippen LogP contribution in [0.5, 0.6) is 5.75 Å². The third-order valence-electron chi connectivity index (χ3n) is 4.19. The van der Waals surface area contributed by atoms with Gasteiger partial charge >= 0.3 is 0 Å². The minimum Gasteiger partial charge on any atom is -0.496 e. The first-order valence-corrected chi connectivity index (χ1v) is 8.17. The molecule has 0 bridgehead atoms. The van der Waals surface area contributed by atoms with Crippen LogP contribution in [0.25, 0.3) is 11.1 Å². The van der Waals surface area contributed by atoms with Gasteiger partial charge in [0.25, 0.3) is 0 Å². The number of nitrogens with zero attached hydrogens (tertiary/aromatic N) is 1. The number of hydrogen-bond acceptors (Lipinski definition) is 3. The Hall–Kier alpha value is -1.84. The number of nitrogens with two attached hydrogens (primary N) is 1. The van der Waals surface area contributed by atoms with Crippen LogP contribution in [-0.4, -0.2) is 32.6 Å². The number of ether oxygens (including phenoxy) is 1. The van der Waals surface area contributed by atoms with Gasteiger partial charge in [0, 0.05) is 12.1 Å². The highest BCUT2D eigenvalue weighted by molar-refractivity contribution is 5.74. The summed E-state index contributed by atoms with van der Waals surface area (Å²) in [6, 6.07) is 15.0. The van der Waals surface area contributed by atoms with Gasteiger partial charge in [0.05, 0.1) is 7.11 Å². The van der Waals surface area contributed by atoms with Gasteiger partial charge in [-0.3, -0.25) is 0 Å². The van der Waals surface area contributed by atoms with Gasteiger partial charge in [-0.05, 0) is 61.8 Å². The molecule has 2 aromatic rings. The smallest absolute Gasteiger partial charge is 0.126 e. The molecule has 0 saturated heterocycles. The second kappa shape index (κ2) is 8.14. The molecule has 3 heteroatoms. The third-order valence-corrected chi connectivity index (χ3v) is 4.19. The Morgan fingerprint density at radius 1 is 1.09 bits per heavy atom. The lowest BCUT2D eigenvalue weighted by atomic mass is 9.91. The van der Waals surface area contributed by atoms with E-state index in [1.165, 1.54) is 16.7 Å². The van der Waals surface area contributed by atoms with Gasteiger partial charge in [-0.15, -0.1) is 0 Å². The molecule has 0 aliphatic carbocycles. The maximum absolute atomic E-state index is 5.72. The quantitative estimate of drug-likeness (QED) is 0.843. The van der Waals surface area contributed by atoms with Crippen molar-refractivity contribution < 1.29 is 4.74 Å². The number of methoxy groups -OCH3 is 1. The summed E-state index contributed by atoms with van der Waals surface area (Å²) in [5.41, 5.74) is 10.7. The minimum atomic E-state index is 0.450. The molecule has 2 rings (SSSR count). The molecule has 2 aromatic carbocycles. The predicted octanol–water partition coefficient (Wildman–Crippen LogP) is 3.88. The van der Waals surface area contributed by atoms with Gasteiger partial charge in [0.2, 0.25) is 0 Å². The van der Waals surface area contributed by atoms with Crippen LogP contribution in [0.2, 0.25) is 0 Å². The molecule has 0 fully saturated rings. The van der Waals surface area contributed by atoms with E-state index in [2.05, 4.69) is 68.4 Å². The zero-order valence-electron chi connectivity index (χ0n) is 14.7. The SMILES string of the molecule is COc1ccc(C(C)CCN)cc1-c1ccccc1CN(C)C. The van der Waals surface area contributed by atoms with E-state index >= 15 is 0 Å². The maximum atomic E-state index is 5.72. The Morgan fingerprint density at radius 3 is 2.48 bits per heavy atom. The first-order chi connectivity index (χ1) is 11.1. The number of rotatable bonds is 7. The molecule has 1 atom stereocenters. The van der Waals surface area contributed by atoms with Gasteiger partial charge in [-0.2, -0.15) is 0 Å². The topological polar surface area (TPSA) is 38.5 Å². The summed E-state index contributed by atoms with van der Waals surface area (Å²) in [5.74, 6) is 1.37. The lowest BCUT2D eigenvalue weighted by Gasteiger charge is -2.18. The molecular formula is C20H28N2O. The van der Waals surface area contributed by atoms with Crippen molar-refractivity contribution in [3.63, 3.8) is 0 Å². The molecule has 3 nitrogen and oxygen atoms in total. The summed E-state index contributed by atoms with van der Waals surface area (Å²) >= 11 is 0. The average molecular weight is 312 g/mol. The average Bonchev–Trinajstić information content (AvgIpc) is 2.54. The molecule has 0 aliphatic rings. The molecule has 1 unspecified atom stereocenters. The standard InChI is InChI=1S/C20H28N2O/c1-15(11-12-21)16-9-10-20(23-4)19(13-16)18-8-6-5-7-17(18)14-22(2)3/h5-10,13,15H,11-12,14,21H2,1-4H3. The van der Waals surface area contributed by atoms with Crippen molar-refractivity contribution in [2.45, 2.75) is 25.8 Å². The van der Waals surface area contributed by atoms with Crippen molar-refractivity contribution in [1.29, 1.82) is 0 Å². The third kappa shape index (κ3) is 4.34. The van der Waals surface area contributed by atoms with E-state index in [9.17, 15) is 0 Å². The zero-order chi connectivity index (χ0) is 16.8. The van der Waals surface area contributed by atoms with Crippen LogP contribution in [-0.2, 0) is 6.54 Å². The molecule has 124 valence electrons. The fourth-order valence-corrected chi connectivity index (χ4v) is 2.92. The van der Waals surface area contributed by atoms with Crippen molar-refractivity contribution in [2.24, 2.45) is 5.73 Å². The first kappa shape index (κ1) is 17.5. The summed E-state index contributed by atoms with van der Waals surface area (Å²) in [4.78, 5) is 2.19. The maximum Gasteiger partial charge on any atom is 0.126 e. The second-order valence-corrected chi connectivity index (χ2v) is 6.33. The van der Waals surface area contributed by atoms with Crippen LogP contribution in [0, 0.1) is 0 Å². The van der Waals surface area contributed by atoms with Gasteiger partial charge in [0.1, 0.15) is 5.75 Å². The Morgan fingerprint density at radius 2 is 1.83 bits per heavy atom. The van der Waals surface area contributed by atoms with Crippen molar-refractivity contribution in [2.75, 3.05) is 27.7 Å². The molecule has 23 heavy (non-hydrogen) atoms. The normalized spacial score (nSPS) is 12.4. The summed E-state index contributed by atoms with van der Waals surface area (Å²) < 4.78 is 5.62. The van der Waals surface area contributed by atoms with E-state index in [1.54, 1.807) is 7.11 Å². The monoisotopic (exact) mass is 312 g/mol. The van der Waals surface area contributed by atoms with Gasteiger partial charge in [-0.25, -0.2) is 0 Å². The fourth-order valence-electron chi connectivity index (χ4n) is 2.92. The van der Waals surface area contributed by atoms with Crippen molar-refractivity contribution in [3.8, 4) is 16.9 Å². The molecule has 0 aromatic heterocycles. The molecular weight excluding hydrogens is 284 g/mol. The molecule has 0 radical (unpaired) electrons. The predicted molar refractivity (Wildman–Crippen MR) is 97.9 cm³/mol. The highest BCUT2D eigenvalue weighted by atomic mass is 16.5. The van der Waals surface area contributed by atoms with Gasteiger partial charge in [-0.1, -0.05) is 37.3 Å². The highest BCUT2D eigenvalue weighted by Gasteiger charge is 2.14. The largest absolute Gasteiger partial charge is 0.496 e. The highest BCUT2D eigenvalue weighted by Crippen LogP contribution is 2.35. The van der Waals surface area contributed by atoms with Crippen molar-refractivity contribution >= 4 is 0 Å². The Balaban J connectivity index is 2.51. The molecule has 2 N–H and O–H groups in total. The van der Waals surface area contributed by atoms with Crippen LogP contribution in [0.3, 0.4) is 0 Å². The van der Waals surface area contributed by atoms with E-state index < -0.39 is 0 Å². The zero-order valence-corrected chi connectivity index (χ0v) is 14.7. The van der Waals surface area contributed by atoms with E-state index in [4.69, 9.17) is 10.5 Å².